The maximum Gasteiger partial charge on any atom is 0.303 e. The number of rotatable bonds is 21. The molecule has 0 unspecified atom stereocenters. The summed E-state index contributed by atoms with van der Waals surface area (Å²) in [7, 11) is 0. The van der Waals surface area contributed by atoms with Gasteiger partial charge in [-0.1, -0.05) is 66.2 Å². The van der Waals surface area contributed by atoms with Gasteiger partial charge in [0.2, 0.25) is 0 Å². The van der Waals surface area contributed by atoms with Crippen molar-refractivity contribution in [2.75, 3.05) is 19.8 Å². The Bertz CT molecular complexity index is 386. The molecule has 29 heavy (non-hydrogen) atoms. The van der Waals surface area contributed by atoms with Crippen molar-refractivity contribution in [1.29, 1.82) is 0 Å². The molecule has 4 nitrogen and oxygen atoms in total. The van der Waals surface area contributed by atoms with E-state index in [1.165, 1.54) is 38.5 Å². The zero-order chi connectivity index (χ0) is 22.0. The van der Waals surface area contributed by atoms with Crippen LogP contribution in [0.25, 0.3) is 0 Å². The molecular formula is C25H50O4. The number of unbranched alkanes of at least 4 members (excludes halogenated alkanes) is 4. The highest BCUT2D eigenvalue weighted by Crippen LogP contribution is 2.38. The van der Waals surface area contributed by atoms with Gasteiger partial charge in [-0.15, -0.1) is 0 Å². The van der Waals surface area contributed by atoms with E-state index in [1.54, 1.807) is 0 Å². The average molecular weight is 415 g/mol. The fraction of sp³-hybridized carbons (Fsp3) is 0.960. The highest BCUT2D eigenvalue weighted by molar-refractivity contribution is 5.67. The van der Waals surface area contributed by atoms with Crippen molar-refractivity contribution in [3.63, 3.8) is 0 Å². The minimum atomic E-state index is -0.673. The lowest BCUT2D eigenvalue weighted by Gasteiger charge is -2.32. The summed E-state index contributed by atoms with van der Waals surface area (Å²) >= 11 is 0. The molecule has 0 fully saturated rings. The molecule has 0 aromatic rings. The third-order valence-corrected chi connectivity index (χ3v) is 7.38. The zero-order valence-corrected chi connectivity index (χ0v) is 19.9. The molecule has 0 aliphatic heterocycles. The van der Waals surface area contributed by atoms with E-state index in [9.17, 15) is 4.79 Å². The number of aliphatic hydroxyl groups excluding tert-OH is 1. The van der Waals surface area contributed by atoms with Crippen LogP contribution < -0.4 is 0 Å². The van der Waals surface area contributed by atoms with Gasteiger partial charge in [0.25, 0.3) is 0 Å². The third-order valence-electron chi connectivity index (χ3n) is 7.38. The molecule has 0 aromatic carbocycles. The molecule has 0 radical (unpaired) electrons. The second kappa shape index (κ2) is 17.1. The van der Waals surface area contributed by atoms with E-state index in [2.05, 4.69) is 27.7 Å². The van der Waals surface area contributed by atoms with Crippen LogP contribution in [-0.2, 0) is 9.53 Å². The molecule has 0 saturated heterocycles. The molecule has 0 heterocycles. The van der Waals surface area contributed by atoms with E-state index in [1.807, 2.05) is 0 Å². The number of aliphatic carboxylic acids is 1. The largest absolute Gasteiger partial charge is 0.481 e. The summed E-state index contributed by atoms with van der Waals surface area (Å²) in [5, 5.41) is 18.1. The van der Waals surface area contributed by atoms with Crippen LogP contribution in [0, 0.1) is 10.8 Å². The molecule has 0 spiro atoms. The molecule has 2 N–H and O–H groups in total. The van der Waals surface area contributed by atoms with Crippen LogP contribution >= 0.6 is 0 Å². The van der Waals surface area contributed by atoms with Crippen LogP contribution in [0.3, 0.4) is 0 Å². The highest BCUT2D eigenvalue weighted by atomic mass is 16.5. The second-order valence-corrected chi connectivity index (χ2v) is 9.05. The molecule has 0 atom stereocenters. The number of hydrogen-bond donors (Lipinski definition) is 2. The number of hydrogen-bond acceptors (Lipinski definition) is 3. The Balaban J connectivity index is 3.93. The molecule has 0 aliphatic carbocycles. The van der Waals surface area contributed by atoms with Gasteiger partial charge in [-0.25, -0.2) is 0 Å². The molecule has 174 valence electrons. The smallest absolute Gasteiger partial charge is 0.303 e. The van der Waals surface area contributed by atoms with Gasteiger partial charge in [0, 0.05) is 19.8 Å². The van der Waals surface area contributed by atoms with E-state index in [0.29, 0.717) is 12.0 Å². The molecule has 4 heteroatoms. The number of carbonyl (C=O) groups is 1. The van der Waals surface area contributed by atoms with Crippen LogP contribution in [0.1, 0.15) is 124 Å². The van der Waals surface area contributed by atoms with Gasteiger partial charge in [0.05, 0.1) is 6.42 Å². The first-order valence-corrected chi connectivity index (χ1v) is 12.3. The summed E-state index contributed by atoms with van der Waals surface area (Å²) in [5.74, 6) is -0.673. The van der Waals surface area contributed by atoms with Crippen LogP contribution in [0.15, 0.2) is 0 Å². The first kappa shape index (κ1) is 28.4. The van der Waals surface area contributed by atoms with Crippen molar-refractivity contribution in [3.8, 4) is 0 Å². The minimum Gasteiger partial charge on any atom is -0.481 e. The lowest BCUT2D eigenvalue weighted by molar-refractivity contribution is -0.140. The lowest BCUT2D eigenvalue weighted by Crippen LogP contribution is -2.23. The van der Waals surface area contributed by atoms with Crippen LogP contribution in [0.2, 0.25) is 0 Å². The Morgan fingerprint density at radius 3 is 1.55 bits per heavy atom. The van der Waals surface area contributed by atoms with Gasteiger partial charge < -0.3 is 14.9 Å². The number of carboxylic acids is 1. The van der Waals surface area contributed by atoms with E-state index >= 15 is 0 Å². The van der Waals surface area contributed by atoms with Gasteiger partial charge in [0.15, 0.2) is 0 Å². The SMILES string of the molecule is CCC(CC)(CCCCCO)CCCCOCCCCC(CC)(CC)CC(=O)O. The summed E-state index contributed by atoms with van der Waals surface area (Å²) in [6, 6.07) is 0. The predicted octanol–water partition coefficient (Wildman–Crippen LogP) is 6.98. The van der Waals surface area contributed by atoms with Crippen molar-refractivity contribution in [2.45, 2.75) is 124 Å². The van der Waals surface area contributed by atoms with Crippen molar-refractivity contribution >= 4 is 5.97 Å². The number of ether oxygens (including phenoxy) is 1. The molecule has 0 bridgehead atoms. The van der Waals surface area contributed by atoms with E-state index in [4.69, 9.17) is 14.9 Å². The van der Waals surface area contributed by atoms with Crippen molar-refractivity contribution in [2.24, 2.45) is 10.8 Å². The first-order chi connectivity index (χ1) is 13.9. The Morgan fingerprint density at radius 1 is 0.690 bits per heavy atom. The molecule has 0 rings (SSSR count). The Labute approximate surface area is 180 Å². The fourth-order valence-electron chi connectivity index (χ4n) is 4.64. The summed E-state index contributed by atoms with van der Waals surface area (Å²) in [6.07, 6.45) is 16.0. The fourth-order valence-corrected chi connectivity index (χ4v) is 4.64. The van der Waals surface area contributed by atoms with Crippen molar-refractivity contribution < 1.29 is 19.7 Å². The van der Waals surface area contributed by atoms with Gasteiger partial charge in [-0.05, 0) is 62.2 Å². The molecule has 0 aromatic heterocycles. The van der Waals surface area contributed by atoms with Gasteiger partial charge in [-0.2, -0.15) is 0 Å². The monoisotopic (exact) mass is 414 g/mol. The van der Waals surface area contributed by atoms with Crippen molar-refractivity contribution in [1.82, 2.24) is 0 Å². The molecule has 0 saturated carbocycles. The Morgan fingerprint density at radius 2 is 1.14 bits per heavy atom. The Hall–Kier alpha value is -0.610. The van der Waals surface area contributed by atoms with Crippen LogP contribution in [-0.4, -0.2) is 36.0 Å². The average Bonchev–Trinajstić information content (AvgIpc) is 2.73. The standard InChI is InChI=1S/C25H50O4/c1-5-24(6-2,16-10-9-13-19-26)17-11-14-20-29-21-15-12-18-25(7-3,8-4)22-23(27)28/h26H,5-22H2,1-4H3,(H,27,28). The van der Waals surface area contributed by atoms with E-state index in [-0.39, 0.29) is 11.8 Å². The quantitative estimate of drug-likeness (QED) is 0.199. The van der Waals surface area contributed by atoms with Crippen LogP contribution in [0.5, 0.6) is 0 Å². The maximum atomic E-state index is 11.1. The van der Waals surface area contributed by atoms with E-state index < -0.39 is 5.97 Å². The van der Waals surface area contributed by atoms with Gasteiger partial charge in [-0.3, -0.25) is 4.79 Å². The normalized spacial score (nSPS) is 12.4. The summed E-state index contributed by atoms with van der Waals surface area (Å²) in [4.78, 5) is 11.1. The van der Waals surface area contributed by atoms with Gasteiger partial charge >= 0.3 is 5.97 Å². The second-order valence-electron chi connectivity index (χ2n) is 9.05. The maximum absolute atomic E-state index is 11.1. The summed E-state index contributed by atoms with van der Waals surface area (Å²) < 4.78 is 5.85. The number of carboxylic acid groups (broad SMARTS) is 1. The third kappa shape index (κ3) is 12.6. The zero-order valence-electron chi connectivity index (χ0n) is 19.9. The topological polar surface area (TPSA) is 66.8 Å². The Kier molecular flexibility index (Phi) is 16.7. The summed E-state index contributed by atoms with van der Waals surface area (Å²) in [6.45, 7) is 10.8. The van der Waals surface area contributed by atoms with Crippen molar-refractivity contribution in [3.05, 3.63) is 0 Å². The minimum absolute atomic E-state index is 0.0351. The van der Waals surface area contributed by atoms with Crippen LogP contribution in [0.4, 0.5) is 0 Å². The molecule has 0 amide bonds. The molecular weight excluding hydrogens is 364 g/mol. The highest BCUT2D eigenvalue weighted by Gasteiger charge is 2.28. The first-order valence-electron chi connectivity index (χ1n) is 12.3. The predicted molar refractivity (Wildman–Crippen MR) is 122 cm³/mol. The summed E-state index contributed by atoms with van der Waals surface area (Å²) in [5.41, 5.74) is 0.440. The van der Waals surface area contributed by atoms with E-state index in [0.717, 1.165) is 64.6 Å². The lowest BCUT2D eigenvalue weighted by atomic mass is 9.74. The number of aliphatic hydroxyl groups is 1. The van der Waals surface area contributed by atoms with Gasteiger partial charge in [0.1, 0.15) is 0 Å². The molecule has 0 aliphatic rings.